The fraction of sp³-hybridized carbons (Fsp3) is 0.389. The molecule has 1 atom stereocenters. The molecule has 2 N–H and O–H groups in total. The van der Waals surface area contributed by atoms with E-state index in [-0.39, 0.29) is 12.0 Å². The summed E-state index contributed by atoms with van der Waals surface area (Å²) in [6.07, 6.45) is 2.11. The number of nitrogens with zero attached hydrogens (tertiary/aromatic N) is 2. The van der Waals surface area contributed by atoms with E-state index in [9.17, 15) is 4.79 Å². The van der Waals surface area contributed by atoms with E-state index in [1.807, 2.05) is 25.1 Å². The first-order valence-corrected chi connectivity index (χ1v) is 8.68. The highest BCUT2D eigenvalue weighted by Crippen LogP contribution is 2.25. The van der Waals surface area contributed by atoms with Crippen LogP contribution in [0, 0.1) is 13.8 Å². The van der Waals surface area contributed by atoms with Crippen LogP contribution in [0.4, 0.5) is 11.5 Å². The average molecular weight is 361 g/mol. The fourth-order valence-electron chi connectivity index (χ4n) is 2.73. The van der Waals surface area contributed by atoms with Crippen LogP contribution in [0.2, 0.25) is 5.02 Å². The van der Waals surface area contributed by atoms with Crippen molar-refractivity contribution in [3.05, 3.63) is 46.4 Å². The van der Waals surface area contributed by atoms with Crippen LogP contribution in [-0.4, -0.2) is 35.1 Å². The summed E-state index contributed by atoms with van der Waals surface area (Å²) in [4.78, 5) is 21.0. The van der Waals surface area contributed by atoms with Crippen molar-refractivity contribution in [2.24, 2.45) is 0 Å². The molecule has 1 saturated heterocycles. The summed E-state index contributed by atoms with van der Waals surface area (Å²) in [6.45, 7) is 4.94. The first-order chi connectivity index (χ1) is 12.0. The molecule has 2 aromatic rings. The molecule has 132 valence electrons. The molecule has 1 aromatic carbocycles. The van der Waals surface area contributed by atoms with Gasteiger partial charge in [-0.3, -0.25) is 4.79 Å². The molecule has 2 heterocycles. The lowest BCUT2D eigenvalue weighted by Crippen LogP contribution is -2.32. The Labute approximate surface area is 152 Å². The number of carbonyl (C=O) groups excluding carboxylic acids is 1. The van der Waals surface area contributed by atoms with Crippen LogP contribution in [0.15, 0.2) is 24.3 Å². The van der Waals surface area contributed by atoms with Crippen molar-refractivity contribution >= 4 is 29.0 Å². The Kier molecular flexibility index (Phi) is 5.50. The van der Waals surface area contributed by atoms with E-state index < -0.39 is 0 Å². The van der Waals surface area contributed by atoms with Gasteiger partial charge in [0.05, 0.1) is 6.10 Å². The summed E-state index contributed by atoms with van der Waals surface area (Å²) in [7, 11) is 0. The quantitative estimate of drug-likeness (QED) is 0.854. The second-order valence-corrected chi connectivity index (χ2v) is 6.48. The van der Waals surface area contributed by atoms with E-state index in [0.717, 1.165) is 30.7 Å². The van der Waals surface area contributed by atoms with Gasteiger partial charge in [0.25, 0.3) is 5.91 Å². The second-order valence-electron chi connectivity index (χ2n) is 6.07. The number of aryl methyl sites for hydroxylation is 1. The summed E-state index contributed by atoms with van der Waals surface area (Å²) in [5.41, 5.74) is 2.09. The zero-order valence-electron chi connectivity index (χ0n) is 14.3. The normalized spacial score (nSPS) is 16.7. The van der Waals surface area contributed by atoms with E-state index in [2.05, 4.69) is 20.6 Å². The van der Waals surface area contributed by atoms with Gasteiger partial charge in [-0.15, -0.1) is 0 Å². The van der Waals surface area contributed by atoms with Gasteiger partial charge in [-0.2, -0.15) is 0 Å². The zero-order chi connectivity index (χ0) is 17.8. The van der Waals surface area contributed by atoms with Gasteiger partial charge in [-0.05, 0) is 44.4 Å². The van der Waals surface area contributed by atoms with Crippen LogP contribution in [-0.2, 0) is 4.74 Å². The van der Waals surface area contributed by atoms with E-state index >= 15 is 0 Å². The van der Waals surface area contributed by atoms with Crippen LogP contribution < -0.4 is 10.6 Å². The van der Waals surface area contributed by atoms with E-state index in [4.69, 9.17) is 16.3 Å². The molecule has 3 rings (SSSR count). The molecule has 0 bridgehead atoms. The molecular weight excluding hydrogens is 340 g/mol. The van der Waals surface area contributed by atoms with E-state index in [1.54, 1.807) is 13.0 Å². The number of halogens is 1. The second kappa shape index (κ2) is 7.80. The molecule has 0 aliphatic carbocycles. The lowest BCUT2D eigenvalue weighted by atomic mass is 10.2. The van der Waals surface area contributed by atoms with Crippen molar-refractivity contribution < 1.29 is 9.53 Å². The third kappa shape index (κ3) is 4.46. The zero-order valence-corrected chi connectivity index (χ0v) is 15.1. The van der Waals surface area contributed by atoms with Crippen LogP contribution in [0.25, 0.3) is 0 Å². The highest BCUT2D eigenvalue weighted by atomic mass is 35.5. The number of rotatable bonds is 5. The predicted molar refractivity (Wildman–Crippen MR) is 97.5 cm³/mol. The number of hydrogen-bond acceptors (Lipinski definition) is 5. The van der Waals surface area contributed by atoms with Crippen molar-refractivity contribution in [1.29, 1.82) is 0 Å². The van der Waals surface area contributed by atoms with Gasteiger partial charge in [-0.25, -0.2) is 9.97 Å². The molecule has 7 heteroatoms. The summed E-state index contributed by atoms with van der Waals surface area (Å²) in [5.74, 6) is 0.846. The lowest BCUT2D eigenvalue weighted by molar-refractivity contribution is 0.0853. The Balaban J connectivity index is 1.73. The van der Waals surface area contributed by atoms with Crippen molar-refractivity contribution in [2.45, 2.75) is 32.8 Å². The predicted octanol–water partition coefficient (Wildman–Crippen LogP) is 3.40. The highest BCUT2D eigenvalue weighted by molar-refractivity contribution is 6.31. The van der Waals surface area contributed by atoms with Crippen molar-refractivity contribution in [3.8, 4) is 0 Å². The molecule has 25 heavy (non-hydrogen) atoms. The number of aromatic nitrogens is 2. The molecule has 1 aliphatic rings. The van der Waals surface area contributed by atoms with Crippen LogP contribution in [0.3, 0.4) is 0 Å². The first-order valence-electron chi connectivity index (χ1n) is 8.30. The first kappa shape index (κ1) is 17.6. The van der Waals surface area contributed by atoms with Gasteiger partial charge in [0.1, 0.15) is 17.3 Å². The third-order valence-electron chi connectivity index (χ3n) is 4.12. The van der Waals surface area contributed by atoms with Gasteiger partial charge >= 0.3 is 0 Å². The number of amides is 1. The van der Waals surface area contributed by atoms with Gasteiger partial charge in [-0.1, -0.05) is 17.7 Å². The highest BCUT2D eigenvalue weighted by Gasteiger charge is 2.18. The van der Waals surface area contributed by atoms with Gasteiger partial charge in [0.15, 0.2) is 0 Å². The minimum atomic E-state index is -0.230. The Morgan fingerprint density at radius 2 is 2.20 bits per heavy atom. The Bertz CT molecular complexity index is 776. The number of ether oxygens (including phenoxy) is 1. The van der Waals surface area contributed by atoms with Crippen molar-refractivity contribution in [3.63, 3.8) is 0 Å². The monoisotopic (exact) mass is 360 g/mol. The average Bonchev–Trinajstić information content (AvgIpc) is 3.10. The van der Waals surface area contributed by atoms with Crippen LogP contribution in [0.5, 0.6) is 0 Å². The largest absolute Gasteiger partial charge is 0.376 e. The van der Waals surface area contributed by atoms with Crippen LogP contribution >= 0.6 is 11.6 Å². The van der Waals surface area contributed by atoms with E-state index in [0.29, 0.717) is 28.9 Å². The molecule has 0 spiro atoms. The summed E-state index contributed by atoms with van der Waals surface area (Å²) < 4.78 is 5.52. The maximum atomic E-state index is 12.4. The summed E-state index contributed by atoms with van der Waals surface area (Å²) in [6, 6.07) is 7.24. The van der Waals surface area contributed by atoms with Crippen LogP contribution in [0.1, 0.15) is 34.7 Å². The number of anilines is 2. The Morgan fingerprint density at radius 1 is 1.36 bits per heavy atom. The maximum absolute atomic E-state index is 12.4. The summed E-state index contributed by atoms with van der Waals surface area (Å²) in [5, 5.41) is 6.75. The molecule has 1 amide bonds. The molecule has 0 saturated carbocycles. The van der Waals surface area contributed by atoms with Crippen molar-refractivity contribution in [1.82, 2.24) is 15.3 Å². The van der Waals surface area contributed by atoms with Crippen molar-refractivity contribution in [2.75, 3.05) is 18.5 Å². The molecule has 0 radical (unpaired) electrons. The maximum Gasteiger partial charge on any atom is 0.270 e. The SMILES string of the molecule is Cc1nc(Nc2cccc(Cl)c2C)cc(C(=O)NCC2CCCO2)n1. The fourth-order valence-corrected chi connectivity index (χ4v) is 2.91. The van der Waals surface area contributed by atoms with E-state index in [1.165, 1.54) is 0 Å². The molecule has 1 fully saturated rings. The molecule has 1 aliphatic heterocycles. The topological polar surface area (TPSA) is 76.1 Å². The minimum Gasteiger partial charge on any atom is -0.376 e. The van der Waals surface area contributed by atoms with Gasteiger partial charge in [0.2, 0.25) is 0 Å². The standard InChI is InChI=1S/C18H21ClN4O2/c1-11-14(19)6-3-7-15(11)23-17-9-16(21-12(2)22-17)18(24)20-10-13-5-4-8-25-13/h3,6-7,9,13H,4-5,8,10H2,1-2H3,(H,20,24)(H,21,22,23). The molecule has 1 aromatic heterocycles. The number of hydrogen-bond donors (Lipinski definition) is 2. The van der Waals surface area contributed by atoms with Gasteiger partial charge < -0.3 is 15.4 Å². The third-order valence-corrected chi connectivity index (χ3v) is 4.52. The number of nitrogens with one attached hydrogen (secondary N) is 2. The lowest BCUT2D eigenvalue weighted by Gasteiger charge is -2.13. The van der Waals surface area contributed by atoms with Gasteiger partial charge in [0, 0.05) is 29.9 Å². The Morgan fingerprint density at radius 3 is 2.96 bits per heavy atom. The molecular formula is C18H21ClN4O2. The smallest absolute Gasteiger partial charge is 0.270 e. The number of benzene rings is 1. The molecule has 1 unspecified atom stereocenters. The number of carbonyl (C=O) groups is 1. The minimum absolute atomic E-state index is 0.0959. The Hall–Kier alpha value is -2.18. The molecule has 6 nitrogen and oxygen atoms in total. The summed E-state index contributed by atoms with van der Waals surface area (Å²) >= 11 is 6.15.